The summed E-state index contributed by atoms with van der Waals surface area (Å²) < 4.78 is 16.1. The van der Waals surface area contributed by atoms with Crippen molar-refractivity contribution in [3.8, 4) is 17.6 Å². The molecule has 1 aromatic heterocycles. The number of ether oxygens (including phenoxy) is 2. The van der Waals surface area contributed by atoms with Crippen LogP contribution in [0.25, 0.3) is 11.1 Å². The van der Waals surface area contributed by atoms with E-state index in [2.05, 4.69) is 4.98 Å². The van der Waals surface area contributed by atoms with Gasteiger partial charge in [-0.25, -0.2) is 0 Å². The number of aliphatic carboxylic acids is 1. The van der Waals surface area contributed by atoms with Gasteiger partial charge in [0.15, 0.2) is 5.58 Å². The number of carboxylic acid groups (broad SMARTS) is 1. The van der Waals surface area contributed by atoms with Gasteiger partial charge in [0.05, 0.1) is 5.97 Å². The van der Waals surface area contributed by atoms with Gasteiger partial charge in [0.25, 0.3) is 0 Å². The van der Waals surface area contributed by atoms with Crippen molar-refractivity contribution in [2.24, 2.45) is 0 Å². The molecule has 0 fully saturated rings. The number of benzene rings is 2. The summed E-state index contributed by atoms with van der Waals surface area (Å²) in [7, 11) is 0. The molecule has 3 rings (SSSR count). The summed E-state index contributed by atoms with van der Waals surface area (Å²) >= 11 is 5.88. The first-order valence-electron chi connectivity index (χ1n) is 6.73. The van der Waals surface area contributed by atoms with E-state index in [0.29, 0.717) is 27.6 Å². The number of rotatable bonds is 5. The molecule has 1 atom stereocenters. The van der Waals surface area contributed by atoms with Crippen LogP contribution in [0.3, 0.4) is 0 Å². The smallest absolute Gasteiger partial charge is 0.400 e. The number of carbonyl (C=O) groups is 1. The molecule has 0 spiro atoms. The normalized spacial score (nSPS) is 12.1. The number of hydrogen-bond donors (Lipinski definition) is 0. The Bertz CT molecular complexity index is 843. The summed E-state index contributed by atoms with van der Waals surface area (Å²) in [6.07, 6.45) is -0.956. The highest BCUT2D eigenvalue weighted by atomic mass is 35.5. The molecule has 0 aliphatic rings. The van der Waals surface area contributed by atoms with E-state index in [1.807, 2.05) is 0 Å². The van der Waals surface area contributed by atoms with Crippen LogP contribution in [0.15, 0.2) is 46.9 Å². The molecule has 0 saturated heterocycles. The van der Waals surface area contributed by atoms with Crippen LogP contribution in [-0.4, -0.2) is 17.1 Å². The van der Waals surface area contributed by atoms with E-state index in [1.54, 1.807) is 42.5 Å². The lowest BCUT2D eigenvalue weighted by Crippen LogP contribution is -2.37. The van der Waals surface area contributed by atoms with Gasteiger partial charge in [0.2, 0.25) is 0 Å². The number of oxazole rings is 1. The third-order valence-electron chi connectivity index (χ3n) is 3.00. The molecule has 0 saturated carbocycles. The monoisotopic (exact) mass is 332 g/mol. The van der Waals surface area contributed by atoms with Crippen molar-refractivity contribution in [1.82, 2.24) is 4.98 Å². The molecular weight excluding hydrogens is 322 g/mol. The Morgan fingerprint density at radius 1 is 1.22 bits per heavy atom. The van der Waals surface area contributed by atoms with Gasteiger partial charge in [-0.05, 0) is 43.3 Å². The summed E-state index contributed by atoms with van der Waals surface area (Å²) in [6.45, 7) is 1.39. The van der Waals surface area contributed by atoms with Crippen molar-refractivity contribution in [1.29, 1.82) is 0 Å². The molecule has 23 heavy (non-hydrogen) atoms. The molecule has 0 N–H and O–H groups in total. The topological polar surface area (TPSA) is 84.6 Å². The highest BCUT2D eigenvalue weighted by molar-refractivity contribution is 6.31. The maximum absolute atomic E-state index is 10.6. The molecule has 6 nitrogen and oxygen atoms in total. The minimum absolute atomic E-state index is 0.0824. The average molecular weight is 333 g/mol. The summed E-state index contributed by atoms with van der Waals surface area (Å²) in [5, 5.41) is 11.2. The van der Waals surface area contributed by atoms with Gasteiger partial charge in [-0.3, -0.25) is 0 Å². The summed E-state index contributed by atoms with van der Waals surface area (Å²) in [5.41, 5.74) is 1.15. The molecule has 0 amide bonds. The molecule has 0 unspecified atom stereocenters. The van der Waals surface area contributed by atoms with Crippen LogP contribution in [0.2, 0.25) is 5.02 Å². The van der Waals surface area contributed by atoms with Crippen LogP contribution < -0.4 is 14.6 Å². The fraction of sp³-hybridized carbons (Fsp3) is 0.125. The maximum Gasteiger partial charge on any atom is 0.400 e. The first-order valence-corrected chi connectivity index (χ1v) is 7.10. The second-order valence-corrected chi connectivity index (χ2v) is 5.18. The van der Waals surface area contributed by atoms with Gasteiger partial charge in [-0.1, -0.05) is 11.6 Å². The van der Waals surface area contributed by atoms with Crippen LogP contribution in [-0.2, 0) is 4.79 Å². The Kier molecular flexibility index (Phi) is 4.08. The lowest BCUT2D eigenvalue weighted by atomic mass is 10.3. The Balaban J connectivity index is 1.73. The SMILES string of the molecule is C[C@@H](Oc1ccc(Oc2nc3ccc(Cl)cc3o2)cc1)C(=O)[O-]. The van der Waals surface area contributed by atoms with Gasteiger partial charge in [0, 0.05) is 11.1 Å². The predicted molar refractivity (Wildman–Crippen MR) is 80.6 cm³/mol. The second kappa shape index (κ2) is 6.18. The number of halogens is 1. The van der Waals surface area contributed by atoms with Crippen LogP contribution in [0, 0.1) is 0 Å². The first-order chi connectivity index (χ1) is 11.0. The lowest BCUT2D eigenvalue weighted by Gasteiger charge is -2.15. The highest BCUT2D eigenvalue weighted by Crippen LogP contribution is 2.28. The fourth-order valence-corrected chi connectivity index (χ4v) is 2.02. The number of fused-ring (bicyclic) bond motifs is 1. The van der Waals surface area contributed by atoms with Gasteiger partial charge in [-0.15, -0.1) is 0 Å². The number of carbonyl (C=O) groups excluding carboxylic acids is 1. The number of carboxylic acids is 1. The van der Waals surface area contributed by atoms with E-state index in [4.69, 9.17) is 25.5 Å². The van der Waals surface area contributed by atoms with Crippen molar-refractivity contribution in [3.05, 3.63) is 47.5 Å². The Morgan fingerprint density at radius 2 is 1.91 bits per heavy atom. The average Bonchev–Trinajstić information content (AvgIpc) is 2.90. The van der Waals surface area contributed by atoms with Crippen molar-refractivity contribution < 1.29 is 23.8 Å². The second-order valence-electron chi connectivity index (χ2n) is 4.74. The predicted octanol–water partition coefficient (Wildman–Crippen LogP) is 2.79. The zero-order valence-corrected chi connectivity index (χ0v) is 12.7. The van der Waals surface area contributed by atoms with E-state index >= 15 is 0 Å². The number of nitrogens with zero attached hydrogens (tertiary/aromatic N) is 1. The molecule has 2 aromatic carbocycles. The van der Waals surface area contributed by atoms with Crippen LogP contribution in [0.5, 0.6) is 17.6 Å². The van der Waals surface area contributed by atoms with E-state index in [9.17, 15) is 9.90 Å². The van der Waals surface area contributed by atoms with Crippen molar-refractivity contribution in [2.45, 2.75) is 13.0 Å². The molecule has 0 aliphatic heterocycles. The molecule has 3 aromatic rings. The van der Waals surface area contributed by atoms with Crippen molar-refractivity contribution in [3.63, 3.8) is 0 Å². The molecular formula is C16H11ClNO5-. The maximum atomic E-state index is 10.6. The van der Waals surface area contributed by atoms with E-state index in [-0.39, 0.29) is 6.08 Å². The van der Waals surface area contributed by atoms with E-state index in [0.717, 1.165) is 0 Å². The summed E-state index contributed by atoms with van der Waals surface area (Å²) in [6, 6.07) is 11.5. The van der Waals surface area contributed by atoms with Gasteiger partial charge in [0.1, 0.15) is 23.1 Å². The molecule has 1 heterocycles. The lowest BCUT2D eigenvalue weighted by molar-refractivity contribution is -0.312. The molecule has 0 radical (unpaired) electrons. The standard InChI is InChI=1S/C16H12ClNO5/c1-9(15(19)20)21-11-3-5-12(6-4-11)22-16-18-13-7-2-10(17)8-14(13)23-16/h2-9H,1H3,(H,19,20)/p-1/t9-/m1/s1. The quantitative estimate of drug-likeness (QED) is 0.714. The Morgan fingerprint density at radius 3 is 2.61 bits per heavy atom. The summed E-state index contributed by atoms with van der Waals surface area (Å²) in [4.78, 5) is 14.8. The van der Waals surface area contributed by atoms with E-state index < -0.39 is 12.1 Å². The molecule has 0 bridgehead atoms. The van der Waals surface area contributed by atoms with Crippen molar-refractivity contribution >= 4 is 28.7 Å². The summed E-state index contributed by atoms with van der Waals surface area (Å²) in [5.74, 6) is -0.426. The van der Waals surface area contributed by atoms with E-state index in [1.165, 1.54) is 6.92 Å². The van der Waals surface area contributed by atoms with Crippen LogP contribution in [0.1, 0.15) is 6.92 Å². The minimum Gasteiger partial charge on any atom is -0.546 e. The first kappa shape index (κ1) is 15.2. The Hall–Kier alpha value is -2.73. The van der Waals surface area contributed by atoms with Crippen LogP contribution in [0.4, 0.5) is 0 Å². The van der Waals surface area contributed by atoms with Gasteiger partial charge in [-0.2, -0.15) is 4.98 Å². The Labute approximate surface area is 136 Å². The molecule has 7 heteroatoms. The van der Waals surface area contributed by atoms with Crippen LogP contribution >= 0.6 is 11.6 Å². The number of hydrogen-bond acceptors (Lipinski definition) is 6. The van der Waals surface area contributed by atoms with Crippen molar-refractivity contribution in [2.75, 3.05) is 0 Å². The zero-order chi connectivity index (χ0) is 16.4. The molecule has 118 valence electrons. The minimum atomic E-state index is -1.28. The van der Waals surface area contributed by atoms with Gasteiger partial charge < -0.3 is 23.8 Å². The highest BCUT2D eigenvalue weighted by Gasteiger charge is 2.09. The third kappa shape index (κ3) is 3.54. The van der Waals surface area contributed by atoms with Gasteiger partial charge >= 0.3 is 6.08 Å². The molecule has 0 aliphatic carbocycles. The largest absolute Gasteiger partial charge is 0.546 e. The zero-order valence-electron chi connectivity index (χ0n) is 12.0. The fourth-order valence-electron chi connectivity index (χ4n) is 1.86. The number of aromatic nitrogens is 1. The third-order valence-corrected chi connectivity index (χ3v) is 3.24.